The number of nitrogen functional groups attached to an aromatic ring is 1. The Morgan fingerprint density at radius 2 is 2.21 bits per heavy atom. The standard InChI is InChI=1S/C11H15IN2/c12-8-4-5-10(13)9(7-8)11-3-1-2-6-14-11/h4-5,7,11,14H,1-3,6,13H2/t11-/m0/s1. The molecule has 3 heteroatoms. The highest BCUT2D eigenvalue weighted by Crippen LogP contribution is 2.28. The Hall–Kier alpha value is -0.290. The van der Waals surface area contributed by atoms with Crippen LogP contribution in [0.1, 0.15) is 30.9 Å². The van der Waals surface area contributed by atoms with Crippen molar-refractivity contribution in [3.05, 3.63) is 27.3 Å². The van der Waals surface area contributed by atoms with Gasteiger partial charge in [0, 0.05) is 15.3 Å². The number of hydrogen-bond donors (Lipinski definition) is 2. The minimum absolute atomic E-state index is 0.471. The minimum atomic E-state index is 0.471. The number of nitrogens with two attached hydrogens (primary N) is 1. The topological polar surface area (TPSA) is 38.0 Å². The zero-order valence-electron chi connectivity index (χ0n) is 8.09. The van der Waals surface area contributed by atoms with Gasteiger partial charge in [0.05, 0.1) is 0 Å². The number of anilines is 1. The van der Waals surface area contributed by atoms with Crippen LogP contribution in [0.15, 0.2) is 18.2 Å². The lowest BCUT2D eigenvalue weighted by Gasteiger charge is -2.25. The van der Waals surface area contributed by atoms with Crippen LogP contribution in [0.3, 0.4) is 0 Å². The molecule has 0 bridgehead atoms. The van der Waals surface area contributed by atoms with Gasteiger partial charge in [-0.05, 0) is 65.7 Å². The second-order valence-electron chi connectivity index (χ2n) is 3.78. The van der Waals surface area contributed by atoms with Crippen LogP contribution in [0.2, 0.25) is 0 Å². The molecule has 0 spiro atoms. The van der Waals surface area contributed by atoms with Crippen molar-refractivity contribution in [3.8, 4) is 0 Å². The van der Waals surface area contributed by atoms with E-state index in [1.165, 1.54) is 28.4 Å². The van der Waals surface area contributed by atoms with Crippen molar-refractivity contribution in [2.75, 3.05) is 12.3 Å². The molecule has 14 heavy (non-hydrogen) atoms. The van der Waals surface area contributed by atoms with E-state index in [1.54, 1.807) is 0 Å². The molecule has 1 aliphatic heterocycles. The van der Waals surface area contributed by atoms with E-state index in [4.69, 9.17) is 5.73 Å². The van der Waals surface area contributed by atoms with Crippen molar-refractivity contribution in [3.63, 3.8) is 0 Å². The number of halogens is 1. The van der Waals surface area contributed by atoms with E-state index < -0.39 is 0 Å². The summed E-state index contributed by atoms with van der Waals surface area (Å²) in [7, 11) is 0. The van der Waals surface area contributed by atoms with Gasteiger partial charge in [0.25, 0.3) is 0 Å². The SMILES string of the molecule is Nc1ccc(I)cc1[C@@H]1CCCCN1. The fourth-order valence-corrected chi connectivity index (χ4v) is 2.48. The highest BCUT2D eigenvalue weighted by Gasteiger charge is 2.16. The highest BCUT2D eigenvalue weighted by molar-refractivity contribution is 14.1. The Morgan fingerprint density at radius 3 is 2.93 bits per heavy atom. The highest BCUT2D eigenvalue weighted by atomic mass is 127. The predicted octanol–water partition coefficient (Wildman–Crippen LogP) is 2.69. The van der Waals surface area contributed by atoms with Crippen LogP contribution in [0.25, 0.3) is 0 Å². The van der Waals surface area contributed by atoms with Crippen molar-refractivity contribution in [1.29, 1.82) is 0 Å². The third-order valence-electron chi connectivity index (χ3n) is 2.73. The zero-order valence-corrected chi connectivity index (χ0v) is 10.3. The second-order valence-corrected chi connectivity index (χ2v) is 5.02. The lowest BCUT2D eigenvalue weighted by atomic mass is 9.96. The van der Waals surface area contributed by atoms with E-state index in [2.05, 4.69) is 40.0 Å². The average Bonchev–Trinajstić information content (AvgIpc) is 2.23. The lowest BCUT2D eigenvalue weighted by molar-refractivity contribution is 0.413. The molecular formula is C11H15IN2. The Kier molecular flexibility index (Phi) is 3.28. The summed E-state index contributed by atoms with van der Waals surface area (Å²) in [4.78, 5) is 0. The molecule has 0 aliphatic carbocycles. The van der Waals surface area contributed by atoms with E-state index in [-0.39, 0.29) is 0 Å². The molecule has 0 amide bonds. The maximum Gasteiger partial charge on any atom is 0.0363 e. The van der Waals surface area contributed by atoms with Gasteiger partial charge in [0.15, 0.2) is 0 Å². The molecular weight excluding hydrogens is 287 g/mol. The molecule has 1 atom stereocenters. The zero-order chi connectivity index (χ0) is 9.97. The van der Waals surface area contributed by atoms with Crippen molar-refractivity contribution in [2.45, 2.75) is 25.3 Å². The maximum atomic E-state index is 5.98. The quantitative estimate of drug-likeness (QED) is 0.618. The summed E-state index contributed by atoms with van der Waals surface area (Å²) in [5.74, 6) is 0. The first-order valence-electron chi connectivity index (χ1n) is 5.05. The molecule has 0 aromatic heterocycles. The predicted molar refractivity (Wildman–Crippen MR) is 68.2 cm³/mol. The van der Waals surface area contributed by atoms with Gasteiger partial charge in [-0.2, -0.15) is 0 Å². The van der Waals surface area contributed by atoms with E-state index >= 15 is 0 Å². The number of rotatable bonds is 1. The van der Waals surface area contributed by atoms with Crippen LogP contribution in [-0.2, 0) is 0 Å². The molecule has 1 heterocycles. The van der Waals surface area contributed by atoms with Crippen molar-refractivity contribution in [1.82, 2.24) is 5.32 Å². The normalized spacial score (nSPS) is 22.2. The maximum absolute atomic E-state index is 5.98. The molecule has 0 saturated carbocycles. The van der Waals surface area contributed by atoms with Crippen molar-refractivity contribution >= 4 is 28.3 Å². The first kappa shape index (κ1) is 10.2. The summed E-state index contributed by atoms with van der Waals surface area (Å²) in [6.45, 7) is 1.12. The second kappa shape index (κ2) is 4.49. The van der Waals surface area contributed by atoms with Crippen LogP contribution in [0.5, 0.6) is 0 Å². The third-order valence-corrected chi connectivity index (χ3v) is 3.41. The van der Waals surface area contributed by atoms with Gasteiger partial charge < -0.3 is 11.1 Å². The molecule has 1 aromatic rings. The van der Waals surface area contributed by atoms with Crippen molar-refractivity contribution < 1.29 is 0 Å². The van der Waals surface area contributed by atoms with Crippen LogP contribution >= 0.6 is 22.6 Å². The Morgan fingerprint density at radius 1 is 1.36 bits per heavy atom. The number of nitrogens with one attached hydrogen (secondary N) is 1. The monoisotopic (exact) mass is 302 g/mol. The average molecular weight is 302 g/mol. The summed E-state index contributed by atoms with van der Waals surface area (Å²) in [5, 5.41) is 3.52. The fraction of sp³-hybridized carbons (Fsp3) is 0.455. The van der Waals surface area contributed by atoms with Crippen LogP contribution in [-0.4, -0.2) is 6.54 Å². The van der Waals surface area contributed by atoms with Gasteiger partial charge in [-0.1, -0.05) is 6.42 Å². The molecule has 0 unspecified atom stereocenters. The lowest BCUT2D eigenvalue weighted by Crippen LogP contribution is -2.27. The summed E-state index contributed by atoms with van der Waals surface area (Å²) >= 11 is 2.33. The molecule has 1 aromatic carbocycles. The summed E-state index contributed by atoms with van der Waals surface area (Å²) in [6, 6.07) is 6.73. The molecule has 76 valence electrons. The van der Waals surface area contributed by atoms with Crippen LogP contribution < -0.4 is 11.1 Å². The largest absolute Gasteiger partial charge is 0.398 e. The first-order valence-corrected chi connectivity index (χ1v) is 6.13. The number of hydrogen-bond acceptors (Lipinski definition) is 2. The van der Waals surface area contributed by atoms with E-state index in [9.17, 15) is 0 Å². The minimum Gasteiger partial charge on any atom is -0.398 e. The molecule has 1 saturated heterocycles. The Labute approximate surface area is 98.4 Å². The third kappa shape index (κ3) is 2.20. The van der Waals surface area contributed by atoms with Gasteiger partial charge >= 0.3 is 0 Å². The van der Waals surface area contributed by atoms with Gasteiger partial charge in [0.2, 0.25) is 0 Å². The van der Waals surface area contributed by atoms with Gasteiger partial charge in [0.1, 0.15) is 0 Å². The van der Waals surface area contributed by atoms with E-state index in [0.29, 0.717) is 6.04 Å². The van der Waals surface area contributed by atoms with Gasteiger partial charge in [-0.15, -0.1) is 0 Å². The molecule has 2 nitrogen and oxygen atoms in total. The summed E-state index contributed by atoms with van der Waals surface area (Å²) in [5.41, 5.74) is 8.17. The fourth-order valence-electron chi connectivity index (χ4n) is 1.96. The first-order chi connectivity index (χ1) is 6.77. The molecule has 3 N–H and O–H groups in total. The summed E-state index contributed by atoms with van der Waals surface area (Å²) in [6.07, 6.45) is 3.81. The summed E-state index contributed by atoms with van der Waals surface area (Å²) < 4.78 is 1.26. The molecule has 1 fully saturated rings. The Balaban J connectivity index is 2.24. The van der Waals surface area contributed by atoms with E-state index in [1.807, 2.05) is 6.07 Å². The molecule has 1 aliphatic rings. The van der Waals surface area contributed by atoms with Gasteiger partial charge in [-0.25, -0.2) is 0 Å². The van der Waals surface area contributed by atoms with Crippen LogP contribution in [0.4, 0.5) is 5.69 Å². The van der Waals surface area contributed by atoms with Crippen molar-refractivity contribution in [2.24, 2.45) is 0 Å². The van der Waals surface area contributed by atoms with Gasteiger partial charge in [-0.3, -0.25) is 0 Å². The Bertz CT molecular complexity index is 319. The molecule has 2 rings (SSSR count). The van der Waals surface area contributed by atoms with Crippen LogP contribution in [0, 0.1) is 3.57 Å². The molecule has 0 radical (unpaired) electrons. The number of piperidine rings is 1. The number of benzene rings is 1. The van der Waals surface area contributed by atoms with E-state index in [0.717, 1.165) is 12.2 Å². The smallest absolute Gasteiger partial charge is 0.0363 e.